The van der Waals surface area contributed by atoms with Crippen molar-refractivity contribution in [2.45, 2.75) is 44.9 Å². The highest BCUT2D eigenvalue weighted by Gasteiger charge is 2.44. The molecule has 1 aromatic carbocycles. The lowest BCUT2D eigenvalue weighted by atomic mass is 9.99. The minimum atomic E-state index is 0.00106. The van der Waals surface area contributed by atoms with Crippen molar-refractivity contribution in [3.8, 4) is 0 Å². The van der Waals surface area contributed by atoms with E-state index in [2.05, 4.69) is 31.5 Å². The van der Waals surface area contributed by atoms with Gasteiger partial charge in [-0.1, -0.05) is 44.2 Å². The van der Waals surface area contributed by atoms with Gasteiger partial charge in [-0.05, 0) is 24.3 Å². The summed E-state index contributed by atoms with van der Waals surface area (Å²) in [5.74, 6) is 0.640. The van der Waals surface area contributed by atoms with Crippen LogP contribution in [0, 0.1) is 5.92 Å². The molecule has 1 aromatic rings. The van der Waals surface area contributed by atoms with E-state index in [9.17, 15) is 5.21 Å². The number of rotatable bonds is 6. The molecule has 1 aliphatic rings. The zero-order valence-electron chi connectivity index (χ0n) is 10.5. The maximum atomic E-state index is 9.22. The standard InChI is InChI=1S/C14H21NO2/c1-10(2)8-13-14(17-13)12(15-16)9-11-6-4-3-5-7-11/h3-7,10,12-16H,8-9H2,1-2H3. The Morgan fingerprint density at radius 3 is 2.59 bits per heavy atom. The van der Waals surface area contributed by atoms with E-state index >= 15 is 0 Å². The molecule has 0 aromatic heterocycles. The number of hydrogen-bond donors (Lipinski definition) is 2. The third-order valence-corrected chi connectivity index (χ3v) is 3.19. The molecule has 3 heteroatoms. The number of hydroxylamine groups is 1. The molecule has 3 atom stereocenters. The van der Waals surface area contributed by atoms with Crippen LogP contribution in [0.1, 0.15) is 25.8 Å². The normalized spacial score (nSPS) is 24.9. The molecule has 0 bridgehead atoms. The van der Waals surface area contributed by atoms with Crippen LogP contribution in [0.5, 0.6) is 0 Å². The lowest BCUT2D eigenvalue weighted by Crippen LogP contribution is -2.34. The van der Waals surface area contributed by atoms with Crippen LogP contribution in [-0.4, -0.2) is 23.5 Å². The van der Waals surface area contributed by atoms with Gasteiger partial charge in [-0.3, -0.25) is 0 Å². The molecule has 0 spiro atoms. The van der Waals surface area contributed by atoms with Crippen molar-refractivity contribution >= 4 is 0 Å². The first-order valence-corrected chi connectivity index (χ1v) is 6.29. The van der Waals surface area contributed by atoms with Gasteiger partial charge in [0.25, 0.3) is 0 Å². The number of nitrogens with one attached hydrogen (secondary N) is 1. The number of hydrogen-bond acceptors (Lipinski definition) is 3. The average Bonchev–Trinajstić information content (AvgIpc) is 3.05. The molecule has 2 rings (SSSR count). The van der Waals surface area contributed by atoms with Crippen LogP contribution in [0.15, 0.2) is 30.3 Å². The molecule has 17 heavy (non-hydrogen) atoms. The summed E-state index contributed by atoms with van der Waals surface area (Å²) in [5.41, 5.74) is 3.61. The third-order valence-electron chi connectivity index (χ3n) is 3.19. The van der Waals surface area contributed by atoms with Crippen molar-refractivity contribution in [2.75, 3.05) is 0 Å². The van der Waals surface area contributed by atoms with Gasteiger partial charge in [-0.25, -0.2) is 0 Å². The number of epoxide rings is 1. The molecular formula is C14H21NO2. The lowest BCUT2D eigenvalue weighted by molar-refractivity contribution is 0.110. The van der Waals surface area contributed by atoms with E-state index in [1.165, 1.54) is 5.56 Å². The molecule has 0 amide bonds. The van der Waals surface area contributed by atoms with Gasteiger partial charge in [-0.2, -0.15) is 5.48 Å². The maximum absolute atomic E-state index is 9.22. The molecule has 0 aliphatic carbocycles. The van der Waals surface area contributed by atoms with Crippen molar-refractivity contribution < 1.29 is 9.94 Å². The maximum Gasteiger partial charge on any atom is 0.102 e. The second kappa shape index (κ2) is 5.63. The Bertz CT molecular complexity index is 339. The van der Waals surface area contributed by atoms with Crippen molar-refractivity contribution in [1.82, 2.24) is 5.48 Å². The predicted octanol–water partition coefficient (Wildman–Crippen LogP) is 2.39. The van der Waals surface area contributed by atoms with Crippen LogP contribution in [0.4, 0.5) is 0 Å². The van der Waals surface area contributed by atoms with Crippen molar-refractivity contribution in [3.63, 3.8) is 0 Å². The predicted molar refractivity (Wildman–Crippen MR) is 67.0 cm³/mol. The van der Waals surface area contributed by atoms with Gasteiger partial charge in [0.15, 0.2) is 0 Å². The molecule has 0 saturated carbocycles. The van der Waals surface area contributed by atoms with Crippen LogP contribution >= 0.6 is 0 Å². The van der Waals surface area contributed by atoms with E-state index in [0.29, 0.717) is 12.0 Å². The molecule has 0 radical (unpaired) electrons. The van der Waals surface area contributed by atoms with Gasteiger partial charge in [0.05, 0.1) is 12.1 Å². The van der Waals surface area contributed by atoms with Gasteiger partial charge in [0.1, 0.15) is 6.10 Å². The minimum Gasteiger partial charge on any atom is -0.368 e. The Kier molecular flexibility index (Phi) is 4.15. The van der Waals surface area contributed by atoms with Crippen LogP contribution in [-0.2, 0) is 11.2 Å². The SMILES string of the molecule is CC(C)CC1OC1C(Cc1ccccc1)NO. The Hall–Kier alpha value is -0.900. The van der Waals surface area contributed by atoms with Crippen molar-refractivity contribution in [2.24, 2.45) is 5.92 Å². The Morgan fingerprint density at radius 2 is 2.00 bits per heavy atom. The minimum absolute atomic E-state index is 0.00106. The molecule has 1 saturated heterocycles. The van der Waals surface area contributed by atoms with E-state index in [1.54, 1.807) is 0 Å². The largest absolute Gasteiger partial charge is 0.368 e. The Balaban J connectivity index is 1.87. The van der Waals surface area contributed by atoms with Crippen LogP contribution in [0.2, 0.25) is 0 Å². The summed E-state index contributed by atoms with van der Waals surface area (Å²) in [6.45, 7) is 4.38. The first-order chi connectivity index (χ1) is 8.20. The van der Waals surface area contributed by atoms with E-state index < -0.39 is 0 Å². The van der Waals surface area contributed by atoms with Gasteiger partial charge in [-0.15, -0.1) is 0 Å². The highest BCUT2D eigenvalue weighted by Crippen LogP contribution is 2.32. The fourth-order valence-electron chi connectivity index (χ4n) is 2.27. The van der Waals surface area contributed by atoms with Crippen LogP contribution in [0.25, 0.3) is 0 Å². The van der Waals surface area contributed by atoms with Gasteiger partial charge < -0.3 is 9.94 Å². The van der Waals surface area contributed by atoms with E-state index in [0.717, 1.165) is 12.8 Å². The summed E-state index contributed by atoms with van der Waals surface area (Å²) in [7, 11) is 0. The summed E-state index contributed by atoms with van der Waals surface area (Å²) >= 11 is 0. The summed E-state index contributed by atoms with van der Waals surface area (Å²) < 4.78 is 5.63. The molecular weight excluding hydrogens is 214 g/mol. The Labute approximate surface area is 103 Å². The zero-order valence-corrected chi connectivity index (χ0v) is 10.5. The molecule has 1 fully saturated rings. The topological polar surface area (TPSA) is 44.8 Å². The first-order valence-electron chi connectivity index (χ1n) is 6.29. The first kappa shape index (κ1) is 12.6. The number of benzene rings is 1. The molecule has 3 nitrogen and oxygen atoms in total. The highest BCUT2D eigenvalue weighted by molar-refractivity contribution is 5.17. The summed E-state index contributed by atoms with van der Waals surface area (Å²) in [6, 6.07) is 10.2. The molecule has 1 aliphatic heterocycles. The molecule has 94 valence electrons. The van der Waals surface area contributed by atoms with Crippen molar-refractivity contribution in [3.05, 3.63) is 35.9 Å². The van der Waals surface area contributed by atoms with E-state index in [1.807, 2.05) is 18.2 Å². The van der Waals surface area contributed by atoms with Crippen molar-refractivity contribution in [1.29, 1.82) is 0 Å². The second-order valence-corrected chi connectivity index (χ2v) is 5.19. The molecule has 2 N–H and O–H groups in total. The van der Waals surface area contributed by atoms with Gasteiger partial charge >= 0.3 is 0 Å². The fraction of sp³-hybridized carbons (Fsp3) is 0.571. The van der Waals surface area contributed by atoms with E-state index in [-0.39, 0.29) is 12.1 Å². The quantitative estimate of drug-likeness (QED) is 0.588. The average molecular weight is 235 g/mol. The summed E-state index contributed by atoms with van der Waals surface area (Å²) in [5, 5.41) is 9.22. The smallest absolute Gasteiger partial charge is 0.102 e. The summed E-state index contributed by atoms with van der Waals surface area (Å²) in [6.07, 6.45) is 2.33. The molecule has 1 heterocycles. The third kappa shape index (κ3) is 3.53. The van der Waals surface area contributed by atoms with Gasteiger partial charge in [0.2, 0.25) is 0 Å². The monoisotopic (exact) mass is 235 g/mol. The zero-order chi connectivity index (χ0) is 12.3. The fourth-order valence-corrected chi connectivity index (χ4v) is 2.27. The lowest BCUT2D eigenvalue weighted by Gasteiger charge is -2.12. The second-order valence-electron chi connectivity index (χ2n) is 5.19. The Morgan fingerprint density at radius 1 is 1.29 bits per heavy atom. The van der Waals surface area contributed by atoms with Crippen LogP contribution < -0.4 is 5.48 Å². The summed E-state index contributed by atoms with van der Waals surface area (Å²) in [4.78, 5) is 0. The highest BCUT2D eigenvalue weighted by atomic mass is 16.6. The van der Waals surface area contributed by atoms with Crippen LogP contribution in [0.3, 0.4) is 0 Å². The van der Waals surface area contributed by atoms with E-state index in [4.69, 9.17) is 4.74 Å². The number of ether oxygens (including phenoxy) is 1. The molecule has 3 unspecified atom stereocenters. The van der Waals surface area contributed by atoms with Gasteiger partial charge in [0, 0.05) is 0 Å².